The minimum Gasteiger partial charge on any atom is -0.493 e. The molecule has 2 aromatic carbocycles. The summed E-state index contributed by atoms with van der Waals surface area (Å²) in [6.45, 7) is 3.27. The van der Waals surface area contributed by atoms with Crippen LogP contribution >= 0.6 is 12.2 Å². The summed E-state index contributed by atoms with van der Waals surface area (Å²) < 4.78 is 16.8. The van der Waals surface area contributed by atoms with E-state index in [9.17, 15) is 4.79 Å². The number of aryl methyl sites for hydroxylation is 1. The van der Waals surface area contributed by atoms with Gasteiger partial charge in [-0.1, -0.05) is 18.2 Å². The smallest absolute Gasteiger partial charge is 0.230 e. The Bertz CT molecular complexity index is 1410. The van der Waals surface area contributed by atoms with Crippen molar-refractivity contribution in [2.45, 2.75) is 13.8 Å². The molecule has 2 N–H and O–H groups in total. The van der Waals surface area contributed by atoms with E-state index in [0.717, 1.165) is 10.9 Å². The summed E-state index contributed by atoms with van der Waals surface area (Å²) in [5, 5.41) is 0.774. The third-order valence-corrected chi connectivity index (χ3v) is 5.67. The number of fused-ring (bicyclic) bond motifs is 2. The van der Waals surface area contributed by atoms with Crippen molar-refractivity contribution < 1.29 is 19.0 Å². The summed E-state index contributed by atoms with van der Waals surface area (Å²) >= 11 is 4.99. The molecule has 0 aliphatic heterocycles. The van der Waals surface area contributed by atoms with Crippen molar-refractivity contribution in [2.75, 3.05) is 19.1 Å². The number of pyridine rings is 1. The van der Waals surface area contributed by atoms with Crippen LogP contribution in [0.4, 0.5) is 5.69 Å². The zero-order chi connectivity index (χ0) is 25.1. The van der Waals surface area contributed by atoms with Crippen molar-refractivity contribution in [3.05, 3.63) is 72.4 Å². The first-order chi connectivity index (χ1) is 16.8. The number of hydrogen-bond donors (Lipinski definition) is 1. The minimum atomic E-state index is -0.254. The van der Waals surface area contributed by atoms with E-state index in [1.165, 1.54) is 23.0 Å². The van der Waals surface area contributed by atoms with Crippen molar-refractivity contribution in [2.24, 2.45) is 5.73 Å². The molecule has 1 amide bonds. The maximum atomic E-state index is 11.9. The van der Waals surface area contributed by atoms with E-state index in [1.54, 1.807) is 44.7 Å². The molecule has 0 unspecified atom stereocenters. The van der Waals surface area contributed by atoms with Gasteiger partial charge in [-0.25, -0.2) is 0 Å². The van der Waals surface area contributed by atoms with E-state index in [1.807, 2.05) is 19.1 Å². The average molecular weight is 488 g/mol. The first-order valence-electron chi connectivity index (χ1n) is 10.8. The molecule has 0 saturated heterocycles. The molecule has 0 bridgehead atoms. The van der Waals surface area contributed by atoms with Crippen LogP contribution in [0.3, 0.4) is 0 Å². The number of carbonyl (C=O) groups is 1. The van der Waals surface area contributed by atoms with Crippen LogP contribution < -0.4 is 24.8 Å². The molecule has 7 nitrogen and oxygen atoms in total. The Morgan fingerprint density at radius 2 is 1.63 bits per heavy atom. The maximum Gasteiger partial charge on any atom is 0.230 e. The van der Waals surface area contributed by atoms with Crippen LogP contribution in [0.1, 0.15) is 12.5 Å². The van der Waals surface area contributed by atoms with Crippen LogP contribution in [0, 0.1) is 6.92 Å². The lowest BCUT2D eigenvalue weighted by atomic mass is 10.1. The van der Waals surface area contributed by atoms with Crippen LogP contribution in [-0.2, 0) is 4.79 Å². The summed E-state index contributed by atoms with van der Waals surface area (Å²) in [5.74, 6) is 2.13. The van der Waals surface area contributed by atoms with Crippen molar-refractivity contribution in [3.8, 4) is 34.1 Å². The fourth-order valence-corrected chi connectivity index (χ4v) is 3.95. The van der Waals surface area contributed by atoms with Gasteiger partial charge in [-0.05, 0) is 72.2 Å². The van der Waals surface area contributed by atoms with Gasteiger partial charge in [-0.2, -0.15) is 0 Å². The highest BCUT2D eigenvalue weighted by Crippen LogP contribution is 2.37. The molecule has 2 aliphatic rings. The number of thiocarbonyl (C=S) groups is 1. The standard InChI is InChI=1S/C21H21N3O4S.C6H4/c1-12-9-14(5-6-17(12)24(13(2)25)21(22)29)28-18-7-8-23-16-11-20(27-4)19(26-3)10-15(16)18;1-2-5-4-6(5)3-1/h5-11H,1-4H3,(H2,22,29);1-4H. The van der Waals surface area contributed by atoms with Gasteiger partial charge in [-0.3, -0.25) is 14.7 Å². The van der Waals surface area contributed by atoms with E-state index >= 15 is 0 Å². The molecule has 0 radical (unpaired) electrons. The largest absolute Gasteiger partial charge is 0.493 e. The van der Waals surface area contributed by atoms with E-state index in [-0.39, 0.29) is 11.0 Å². The molecule has 0 atom stereocenters. The van der Waals surface area contributed by atoms with Gasteiger partial charge in [-0.15, -0.1) is 0 Å². The molecule has 178 valence electrons. The first-order valence-corrected chi connectivity index (χ1v) is 11.2. The number of aromatic nitrogens is 1. The second kappa shape index (κ2) is 9.99. The van der Waals surface area contributed by atoms with Gasteiger partial charge in [0, 0.05) is 24.6 Å². The molecule has 0 fully saturated rings. The molecule has 5 rings (SSSR count). The topological polar surface area (TPSA) is 86.9 Å². The molecule has 1 aromatic heterocycles. The predicted octanol–water partition coefficient (Wildman–Crippen LogP) is 5.62. The Hall–Kier alpha value is -4.17. The number of benzene rings is 3. The quantitative estimate of drug-likeness (QED) is 0.322. The average Bonchev–Trinajstić information content (AvgIpc) is 3.44. The van der Waals surface area contributed by atoms with E-state index in [4.69, 9.17) is 32.2 Å². The van der Waals surface area contributed by atoms with Gasteiger partial charge in [0.2, 0.25) is 5.91 Å². The van der Waals surface area contributed by atoms with Crippen LogP contribution in [0.25, 0.3) is 22.0 Å². The highest BCUT2D eigenvalue weighted by atomic mass is 32.1. The number of nitrogens with two attached hydrogens (primary N) is 1. The van der Waals surface area contributed by atoms with Crippen LogP contribution in [-0.4, -0.2) is 30.2 Å². The number of ether oxygens (including phenoxy) is 3. The predicted molar refractivity (Wildman–Crippen MR) is 141 cm³/mol. The minimum absolute atomic E-state index is 0.00422. The summed E-state index contributed by atoms with van der Waals surface area (Å²) in [6, 6.07) is 19.2. The fourth-order valence-electron chi connectivity index (χ4n) is 3.72. The number of methoxy groups -OCH3 is 2. The van der Waals surface area contributed by atoms with Gasteiger partial charge < -0.3 is 19.9 Å². The van der Waals surface area contributed by atoms with Gasteiger partial charge >= 0.3 is 0 Å². The molecular formula is C27H25N3O4S. The van der Waals surface area contributed by atoms with E-state index in [0.29, 0.717) is 34.2 Å². The lowest BCUT2D eigenvalue weighted by Gasteiger charge is -2.21. The van der Waals surface area contributed by atoms with Gasteiger partial charge in [0.25, 0.3) is 0 Å². The van der Waals surface area contributed by atoms with Gasteiger partial charge in [0.15, 0.2) is 16.6 Å². The van der Waals surface area contributed by atoms with E-state index < -0.39 is 0 Å². The Morgan fingerprint density at radius 3 is 2.14 bits per heavy atom. The second-order valence-corrected chi connectivity index (χ2v) is 8.28. The van der Waals surface area contributed by atoms with Crippen LogP contribution in [0.2, 0.25) is 0 Å². The van der Waals surface area contributed by atoms with Crippen LogP contribution in [0.15, 0.2) is 66.9 Å². The summed E-state index contributed by atoms with van der Waals surface area (Å²) in [5.41, 5.74) is 10.7. The van der Waals surface area contributed by atoms with Crippen molar-refractivity contribution in [1.29, 1.82) is 0 Å². The third kappa shape index (κ3) is 5.17. The SMILES string of the molecule is COc1cc2nccc(Oc3ccc(N(C(C)=O)C(N)=S)c(C)c3)c2cc1OC.c1cc2cc-2c1. The molecular weight excluding hydrogens is 462 g/mol. The molecule has 8 heteroatoms. The number of anilines is 1. The summed E-state index contributed by atoms with van der Waals surface area (Å²) in [6.07, 6.45) is 1.66. The van der Waals surface area contributed by atoms with E-state index in [2.05, 4.69) is 29.2 Å². The highest BCUT2D eigenvalue weighted by Gasteiger charge is 2.17. The van der Waals surface area contributed by atoms with Crippen molar-refractivity contribution in [1.82, 2.24) is 4.98 Å². The first kappa shape index (κ1) is 24.0. The maximum absolute atomic E-state index is 11.9. The monoisotopic (exact) mass is 487 g/mol. The Kier molecular flexibility index (Phi) is 6.84. The lowest BCUT2D eigenvalue weighted by Crippen LogP contribution is -2.39. The molecule has 0 spiro atoms. The summed E-state index contributed by atoms with van der Waals surface area (Å²) in [4.78, 5) is 17.5. The molecule has 35 heavy (non-hydrogen) atoms. The normalized spacial score (nSPS) is 10.6. The Balaban J connectivity index is 0.000000411. The highest BCUT2D eigenvalue weighted by molar-refractivity contribution is 7.80. The molecule has 0 saturated carbocycles. The van der Waals surface area contributed by atoms with Gasteiger partial charge in [0.05, 0.1) is 25.4 Å². The Labute approximate surface area is 209 Å². The third-order valence-electron chi connectivity index (χ3n) is 5.49. The fraction of sp³-hybridized carbons (Fsp3) is 0.148. The number of hydrogen-bond acceptors (Lipinski definition) is 6. The molecule has 2 aliphatic carbocycles. The second-order valence-electron chi connectivity index (χ2n) is 7.86. The number of carbonyl (C=O) groups excluding carboxylic acids is 1. The van der Waals surface area contributed by atoms with Crippen molar-refractivity contribution in [3.63, 3.8) is 0 Å². The zero-order valence-corrected chi connectivity index (χ0v) is 20.7. The zero-order valence-electron chi connectivity index (χ0n) is 19.9. The Morgan fingerprint density at radius 1 is 0.943 bits per heavy atom. The van der Waals surface area contributed by atoms with Crippen LogP contribution in [0.5, 0.6) is 23.0 Å². The lowest BCUT2D eigenvalue weighted by molar-refractivity contribution is -0.115. The number of rotatable bonds is 5. The molecule has 1 heterocycles. The summed E-state index contributed by atoms with van der Waals surface area (Å²) in [7, 11) is 3.15. The molecule has 3 aromatic rings. The number of nitrogens with zero attached hydrogens (tertiary/aromatic N) is 2. The van der Waals surface area contributed by atoms with Gasteiger partial charge in [0.1, 0.15) is 11.5 Å². The van der Waals surface area contributed by atoms with Crippen molar-refractivity contribution >= 4 is 39.8 Å². The number of amides is 1.